The van der Waals surface area contributed by atoms with Crippen LogP contribution in [0, 0.1) is 13.8 Å². The van der Waals surface area contributed by atoms with Gasteiger partial charge in [-0.1, -0.05) is 0 Å². The molecule has 5 nitrogen and oxygen atoms in total. The van der Waals surface area contributed by atoms with Crippen molar-refractivity contribution < 1.29 is 9.53 Å². The van der Waals surface area contributed by atoms with Crippen molar-refractivity contribution in [3.63, 3.8) is 0 Å². The molecule has 2 N–H and O–H groups in total. The van der Waals surface area contributed by atoms with E-state index in [2.05, 4.69) is 5.10 Å². The number of hydrogen-bond donors (Lipinski definition) is 1. The van der Waals surface area contributed by atoms with E-state index in [0.717, 1.165) is 17.0 Å². The largest absolute Gasteiger partial charge is 0.462 e. The Labute approximate surface area is 95.6 Å². The molecule has 1 aromatic heterocycles. The SMILES string of the molecule is Cc1nn(CC(=O)OC(C)C)c(C)c1CN. The number of rotatable bonds is 4. The van der Waals surface area contributed by atoms with Gasteiger partial charge in [-0.2, -0.15) is 5.10 Å². The molecular weight excluding hydrogens is 206 g/mol. The zero-order chi connectivity index (χ0) is 12.3. The third-order valence-electron chi connectivity index (χ3n) is 2.38. The number of nitrogens with two attached hydrogens (primary N) is 1. The summed E-state index contributed by atoms with van der Waals surface area (Å²) in [6.45, 7) is 8.03. The quantitative estimate of drug-likeness (QED) is 0.773. The van der Waals surface area contributed by atoms with Crippen molar-refractivity contribution in [3.05, 3.63) is 17.0 Å². The standard InChI is InChI=1S/C11H19N3O2/c1-7(2)16-11(15)6-14-9(4)10(5-12)8(3)13-14/h7H,5-6,12H2,1-4H3. The molecule has 1 rings (SSSR count). The van der Waals surface area contributed by atoms with Crippen LogP contribution >= 0.6 is 0 Å². The second kappa shape index (κ2) is 5.12. The van der Waals surface area contributed by atoms with Crippen LogP contribution in [0.3, 0.4) is 0 Å². The van der Waals surface area contributed by atoms with Gasteiger partial charge in [-0.25, -0.2) is 0 Å². The lowest BCUT2D eigenvalue weighted by Gasteiger charge is -2.08. The van der Waals surface area contributed by atoms with E-state index in [1.54, 1.807) is 4.68 Å². The van der Waals surface area contributed by atoms with Crippen LogP contribution in [0.25, 0.3) is 0 Å². The highest BCUT2D eigenvalue weighted by molar-refractivity contribution is 5.69. The summed E-state index contributed by atoms with van der Waals surface area (Å²) in [5, 5.41) is 4.26. The van der Waals surface area contributed by atoms with Gasteiger partial charge in [0.1, 0.15) is 6.54 Å². The van der Waals surface area contributed by atoms with E-state index in [-0.39, 0.29) is 18.6 Å². The number of carbonyl (C=O) groups is 1. The summed E-state index contributed by atoms with van der Waals surface area (Å²) < 4.78 is 6.70. The highest BCUT2D eigenvalue weighted by Gasteiger charge is 2.13. The predicted molar refractivity (Wildman–Crippen MR) is 60.8 cm³/mol. The Bertz CT molecular complexity index is 383. The van der Waals surface area contributed by atoms with Crippen molar-refractivity contribution in [1.29, 1.82) is 0 Å². The first-order chi connectivity index (χ1) is 7.45. The summed E-state index contributed by atoms with van der Waals surface area (Å²) in [7, 11) is 0. The molecule has 1 aromatic rings. The van der Waals surface area contributed by atoms with Gasteiger partial charge in [-0.3, -0.25) is 9.48 Å². The van der Waals surface area contributed by atoms with Crippen molar-refractivity contribution >= 4 is 5.97 Å². The van der Waals surface area contributed by atoms with Gasteiger partial charge in [0.05, 0.1) is 11.8 Å². The topological polar surface area (TPSA) is 70.1 Å². The number of ether oxygens (including phenoxy) is 1. The summed E-state index contributed by atoms with van der Waals surface area (Å²) in [4.78, 5) is 11.5. The van der Waals surface area contributed by atoms with Crippen LogP contribution in [0.4, 0.5) is 0 Å². The van der Waals surface area contributed by atoms with E-state index in [0.29, 0.717) is 6.54 Å². The zero-order valence-corrected chi connectivity index (χ0v) is 10.3. The lowest BCUT2D eigenvalue weighted by atomic mass is 10.2. The van der Waals surface area contributed by atoms with Crippen molar-refractivity contribution in [1.82, 2.24) is 9.78 Å². The normalized spacial score (nSPS) is 10.9. The summed E-state index contributed by atoms with van der Waals surface area (Å²) in [5.74, 6) is -0.274. The van der Waals surface area contributed by atoms with Crippen molar-refractivity contribution in [2.24, 2.45) is 5.73 Å². The first-order valence-corrected chi connectivity index (χ1v) is 5.38. The molecule has 0 atom stereocenters. The average molecular weight is 225 g/mol. The van der Waals surface area contributed by atoms with Crippen LogP contribution in [-0.2, 0) is 22.6 Å². The Morgan fingerprint density at radius 3 is 2.56 bits per heavy atom. The lowest BCUT2D eigenvalue weighted by Crippen LogP contribution is -2.19. The Balaban J connectivity index is 2.78. The van der Waals surface area contributed by atoms with Crippen LogP contribution in [0.1, 0.15) is 30.8 Å². The molecular formula is C11H19N3O2. The van der Waals surface area contributed by atoms with Crippen molar-refractivity contribution in [2.75, 3.05) is 0 Å². The fourth-order valence-corrected chi connectivity index (χ4v) is 1.61. The molecule has 1 heterocycles. The molecule has 0 amide bonds. The van der Waals surface area contributed by atoms with Gasteiger partial charge in [0, 0.05) is 17.8 Å². The van der Waals surface area contributed by atoms with Gasteiger partial charge in [0.25, 0.3) is 0 Å². The Morgan fingerprint density at radius 1 is 1.50 bits per heavy atom. The van der Waals surface area contributed by atoms with Crippen molar-refractivity contribution in [2.45, 2.75) is 46.9 Å². The second-order valence-electron chi connectivity index (χ2n) is 4.05. The highest BCUT2D eigenvalue weighted by Crippen LogP contribution is 2.12. The molecule has 0 aliphatic heterocycles. The fraction of sp³-hybridized carbons (Fsp3) is 0.636. The smallest absolute Gasteiger partial charge is 0.328 e. The summed E-state index contributed by atoms with van der Waals surface area (Å²) in [5.41, 5.74) is 8.41. The van der Waals surface area contributed by atoms with E-state index in [4.69, 9.17) is 10.5 Å². The van der Waals surface area contributed by atoms with Crippen LogP contribution in [0.2, 0.25) is 0 Å². The lowest BCUT2D eigenvalue weighted by molar-refractivity contribution is -0.148. The molecule has 0 saturated carbocycles. The van der Waals surface area contributed by atoms with Gasteiger partial charge in [0.2, 0.25) is 0 Å². The molecule has 0 fully saturated rings. The summed E-state index contributed by atoms with van der Waals surface area (Å²) in [6.07, 6.45) is -0.0987. The molecule has 0 aliphatic carbocycles. The first-order valence-electron chi connectivity index (χ1n) is 5.38. The van der Waals surface area contributed by atoms with Gasteiger partial charge in [-0.05, 0) is 27.7 Å². The minimum absolute atomic E-state index is 0.0987. The number of hydrogen-bond acceptors (Lipinski definition) is 4. The predicted octanol–water partition coefficient (Wildman–Crippen LogP) is 0.910. The third-order valence-corrected chi connectivity index (χ3v) is 2.38. The molecule has 16 heavy (non-hydrogen) atoms. The van der Waals surface area contributed by atoms with Crippen LogP contribution in [0.5, 0.6) is 0 Å². The van der Waals surface area contributed by atoms with E-state index in [1.165, 1.54) is 0 Å². The zero-order valence-electron chi connectivity index (χ0n) is 10.3. The van der Waals surface area contributed by atoms with Gasteiger partial charge in [0.15, 0.2) is 0 Å². The fourth-order valence-electron chi connectivity index (χ4n) is 1.61. The van der Waals surface area contributed by atoms with Crippen LogP contribution in [-0.4, -0.2) is 21.9 Å². The first kappa shape index (κ1) is 12.7. The Kier molecular flexibility index (Phi) is 4.06. The maximum atomic E-state index is 11.5. The van der Waals surface area contributed by atoms with E-state index >= 15 is 0 Å². The monoisotopic (exact) mass is 225 g/mol. The molecule has 0 saturated heterocycles. The number of nitrogens with zero attached hydrogens (tertiary/aromatic N) is 2. The highest BCUT2D eigenvalue weighted by atomic mass is 16.5. The van der Waals surface area contributed by atoms with E-state index in [9.17, 15) is 4.79 Å². The van der Waals surface area contributed by atoms with Gasteiger partial charge >= 0.3 is 5.97 Å². The van der Waals surface area contributed by atoms with Crippen molar-refractivity contribution in [3.8, 4) is 0 Å². The van der Waals surface area contributed by atoms with E-state index in [1.807, 2.05) is 27.7 Å². The van der Waals surface area contributed by atoms with Gasteiger partial charge < -0.3 is 10.5 Å². The van der Waals surface area contributed by atoms with Crippen LogP contribution < -0.4 is 5.73 Å². The minimum Gasteiger partial charge on any atom is -0.462 e. The molecule has 90 valence electrons. The number of aromatic nitrogens is 2. The third kappa shape index (κ3) is 2.82. The average Bonchev–Trinajstić information content (AvgIpc) is 2.40. The number of esters is 1. The number of aryl methyl sites for hydroxylation is 1. The Morgan fingerprint density at radius 2 is 2.12 bits per heavy atom. The molecule has 0 aromatic carbocycles. The van der Waals surface area contributed by atoms with Crippen LogP contribution in [0.15, 0.2) is 0 Å². The maximum Gasteiger partial charge on any atom is 0.328 e. The molecule has 5 heteroatoms. The number of carbonyl (C=O) groups excluding carboxylic acids is 1. The minimum atomic E-state index is -0.274. The second-order valence-corrected chi connectivity index (χ2v) is 4.05. The maximum absolute atomic E-state index is 11.5. The molecule has 0 radical (unpaired) electrons. The van der Waals surface area contributed by atoms with Gasteiger partial charge in [-0.15, -0.1) is 0 Å². The molecule has 0 aliphatic rings. The summed E-state index contributed by atoms with van der Waals surface area (Å²) >= 11 is 0. The Hall–Kier alpha value is -1.36. The molecule has 0 spiro atoms. The van der Waals surface area contributed by atoms with E-state index < -0.39 is 0 Å². The molecule has 0 bridgehead atoms. The molecule has 0 unspecified atom stereocenters. The summed E-state index contributed by atoms with van der Waals surface area (Å²) in [6, 6.07) is 0.